The fraction of sp³-hybridized carbons (Fsp3) is 0. The van der Waals surface area contributed by atoms with Crippen LogP contribution >= 0.6 is 73.4 Å². The molecule has 0 bridgehead atoms. The van der Waals surface area contributed by atoms with E-state index in [-0.39, 0.29) is 10.0 Å². The van der Waals surface area contributed by atoms with Crippen LogP contribution in [0.25, 0.3) is 0 Å². The summed E-state index contributed by atoms with van der Waals surface area (Å²) in [4.78, 5) is 26.4. The molecule has 21 heavy (non-hydrogen) atoms. The summed E-state index contributed by atoms with van der Waals surface area (Å²) in [6.07, 6.45) is 2.48. The van der Waals surface area contributed by atoms with Crippen LogP contribution in [-0.4, -0.2) is 19.8 Å². The van der Waals surface area contributed by atoms with Crippen LogP contribution in [0.2, 0.25) is 0 Å². The topological polar surface area (TPSA) is 112 Å². The summed E-state index contributed by atoms with van der Waals surface area (Å²) in [6, 6.07) is 0. The van der Waals surface area contributed by atoms with Gasteiger partial charge >= 0.3 is 53.2 Å². The fourth-order valence-electron chi connectivity index (χ4n) is 0.702. The number of hydrogen-bond donors (Lipinski definition) is 0. The Kier molecular flexibility index (Phi) is 12.0. The van der Waals surface area contributed by atoms with Gasteiger partial charge in [-0.3, -0.25) is 20.2 Å². The van der Waals surface area contributed by atoms with Crippen molar-refractivity contribution in [2.45, 2.75) is 0 Å². The molecule has 120 valence electrons. The predicted molar refractivity (Wildman–Crippen MR) is 87.4 cm³/mol. The molecule has 2 rings (SSSR count). The molecule has 0 aliphatic rings. The van der Waals surface area contributed by atoms with Gasteiger partial charge in [-0.15, -0.1) is 0 Å². The molecule has 0 unspecified atom stereocenters. The quantitative estimate of drug-likeness (QED) is 0.262. The number of halogens is 4. The average molecular weight is 686 g/mol. The van der Waals surface area contributed by atoms with Gasteiger partial charge in [-0.25, -0.2) is 0 Å². The summed E-state index contributed by atoms with van der Waals surface area (Å²) in [5.74, 6) is 0. The van der Waals surface area contributed by atoms with Crippen molar-refractivity contribution < 1.29 is 26.3 Å². The third-order valence-electron chi connectivity index (χ3n) is 1.36. The first kappa shape index (κ1) is 21.3. The zero-order valence-corrected chi connectivity index (χ0v) is 18.0. The van der Waals surface area contributed by atoms with Crippen molar-refractivity contribution in [2.24, 2.45) is 0 Å². The zero-order chi connectivity index (χ0) is 16.4. The van der Waals surface area contributed by atoms with Crippen LogP contribution < -0.4 is 0 Å². The van der Waals surface area contributed by atoms with Crippen molar-refractivity contribution in [3.05, 3.63) is 40.5 Å². The Bertz CT molecular complexity index is 551. The molecular weight excluding hydrogens is 682 g/mol. The second-order valence-electron chi connectivity index (χ2n) is 2.55. The van der Waals surface area contributed by atoms with Gasteiger partial charge in [0.05, 0.1) is 22.7 Å². The second-order valence-corrected chi connectivity index (χ2v) is 10.8. The standard InChI is InChI=1S/2C3HBrN2O2S.2ClH.Pt/c2*4-3-5-1-2(9-3)6(7)8;;;/h2*1H;2*1H;/q;;;;+2. The molecule has 0 saturated carbocycles. The van der Waals surface area contributed by atoms with Crippen molar-refractivity contribution in [1.82, 2.24) is 9.97 Å². The first-order chi connectivity index (χ1) is 9.81. The van der Waals surface area contributed by atoms with Gasteiger partial charge in [-0.1, -0.05) is 0 Å². The number of nitrogens with zero attached hydrogens (tertiary/aromatic N) is 4. The summed E-state index contributed by atoms with van der Waals surface area (Å²) >= 11 is 6.67. The summed E-state index contributed by atoms with van der Waals surface area (Å²) in [6.45, 7) is 0. The number of aromatic nitrogens is 2. The number of thiazole rings is 2. The van der Waals surface area contributed by atoms with Crippen molar-refractivity contribution in [3.63, 3.8) is 0 Å². The van der Waals surface area contributed by atoms with E-state index in [1.54, 1.807) is 0 Å². The molecule has 0 N–H and O–H groups in total. The number of nitro groups is 2. The number of hydrogen-bond acceptors (Lipinski definition) is 6. The van der Waals surface area contributed by atoms with Crippen molar-refractivity contribution >= 4 is 83.4 Å². The van der Waals surface area contributed by atoms with Crippen LogP contribution in [-0.2, 0) is 16.5 Å². The molecule has 0 aromatic carbocycles. The normalized spacial score (nSPS) is 9.14. The van der Waals surface area contributed by atoms with Gasteiger partial charge in [0.1, 0.15) is 9.85 Å². The molecule has 0 spiro atoms. The van der Waals surface area contributed by atoms with E-state index < -0.39 is 26.3 Å². The molecule has 0 saturated heterocycles. The van der Waals surface area contributed by atoms with E-state index in [4.69, 9.17) is 18.8 Å². The molecular formula is C6H4Br2Cl2N4O4PtS2+2. The Balaban J connectivity index is 0.000000322. The molecule has 2 heterocycles. The van der Waals surface area contributed by atoms with Gasteiger partial charge in [0, 0.05) is 31.9 Å². The van der Waals surface area contributed by atoms with Crippen molar-refractivity contribution in [1.29, 1.82) is 0 Å². The SMILES string of the molecule is O=[N+]([O-])c1cnc(Br)[sH+]1.O=[N+]([O-])c1cnc(Br)[sH+]1.[Cl][Pt][Cl]. The van der Waals surface area contributed by atoms with Gasteiger partial charge in [-0.2, -0.15) is 9.97 Å². The van der Waals surface area contributed by atoms with Gasteiger partial charge in [0.25, 0.3) is 0 Å². The van der Waals surface area contributed by atoms with Crippen LogP contribution in [0.4, 0.5) is 10.0 Å². The summed E-state index contributed by atoms with van der Waals surface area (Å²) < 4.78 is 1.18. The predicted octanol–water partition coefficient (Wildman–Crippen LogP) is 4.47. The van der Waals surface area contributed by atoms with Crippen LogP contribution in [0.15, 0.2) is 20.2 Å². The molecule has 0 fully saturated rings. The van der Waals surface area contributed by atoms with E-state index in [1.165, 1.54) is 12.4 Å². The maximum absolute atomic E-state index is 9.98. The minimum atomic E-state index is -0.472. The Hall–Kier alpha value is 0.288. The summed E-state index contributed by atoms with van der Waals surface area (Å²) in [7, 11) is 9.75. The minimum absolute atomic E-state index is 0.113. The monoisotopic (exact) mass is 683 g/mol. The van der Waals surface area contributed by atoms with Gasteiger partial charge in [-0.05, 0) is 0 Å². The summed E-state index contributed by atoms with van der Waals surface area (Å²) in [5, 5.41) is 20.2. The van der Waals surface area contributed by atoms with E-state index in [2.05, 4.69) is 41.8 Å². The Morgan fingerprint density at radius 1 is 1.00 bits per heavy atom. The van der Waals surface area contributed by atoms with Crippen LogP contribution in [0.5, 0.6) is 0 Å². The molecule has 2 aromatic heterocycles. The van der Waals surface area contributed by atoms with E-state index in [1.807, 2.05) is 0 Å². The van der Waals surface area contributed by atoms with E-state index in [0.717, 1.165) is 0 Å². The zero-order valence-electron chi connectivity index (χ0n) is 9.30. The van der Waals surface area contributed by atoms with Crippen LogP contribution in [0, 0.1) is 20.2 Å². The van der Waals surface area contributed by atoms with E-state index in [9.17, 15) is 20.2 Å². The molecule has 0 aliphatic carbocycles. The van der Waals surface area contributed by atoms with E-state index >= 15 is 0 Å². The Morgan fingerprint density at radius 2 is 1.29 bits per heavy atom. The molecule has 15 heteroatoms. The second kappa shape index (κ2) is 11.8. The average Bonchev–Trinajstić information content (AvgIpc) is 3.00. The van der Waals surface area contributed by atoms with Crippen molar-refractivity contribution in [2.75, 3.05) is 0 Å². The fourth-order valence-corrected chi connectivity index (χ4v) is 3.00. The third-order valence-corrected chi connectivity index (χ3v) is 4.45. The maximum atomic E-state index is 9.98. The van der Waals surface area contributed by atoms with Gasteiger partial charge in [0.15, 0.2) is 12.4 Å². The van der Waals surface area contributed by atoms with Gasteiger partial charge in [0.2, 0.25) is 0 Å². The number of rotatable bonds is 2. The molecule has 8 nitrogen and oxygen atoms in total. The molecule has 0 aliphatic heterocycles. The Labute approximate surface area is 158 Å². The van der Waals surface area contributed by atoms with Crippen LogP contribution in [0.1, 0.15) is 0 Å². The molecule has 0 atom stereocenters. The van der Waals surface area contributed by atoms with E-state index in [0.29, 0.717) is 30.5 Å². The van der Waals surface area contributed by atoms with Crippen molar-refractivity contribution in [3.8, 4) is 0 Å². The van der Waals surface area contributed by atoms with Gasteiger partial charge < -0.3 is 0 Å². The molecule has 0 amide bonds. The first-order valence-corrected chi connectivity index (χ1v) is 13.2. The molecule has 2 aromatic rings. The third kappa shape index (κ3) is 9.82. The molecule has 0 radical (unpaired) electrons. The first-order valence-electron chi connectivity index (χ1n) is 4.23. The summed E-state index contributed by atoms with van der Waals surface area (Å²) in [5.41, 5.74) is 0. The van der Waals surface area contributed by atoms with Crippen LogP contribution in [0.3, 0.4) is 0 Å². The Morgan fingerprint density at radius 3 is 1.38 bits per heavy atom.